The summed E-state index contributed by atoms with van der Waals surface area (Å²) in [4.78, 5) is 15.4. The van der Waals surface area contributed by atoms with Crippen LogP contribution in [0.1, 0.15) is 24.8 Å². The third-order valence-corrected chi connectivity index (χ3v) is 3.18. The number of halogens is 1. The molecule has 0 aromatic carbocycles. The lowest BCUT2D eigenvalue weighted by Crippen LogP contribution is -2.32. The molecule has 0 saturated heterocycles. The van der Waals surface area contributed by atoms with E-state index >= 15 is 0 Å². The first-order chi connectivity index (χ1) is 7.00. The molecule has 1 amide bonds. The van der Waals surface area contributed by atoms with Crippen molar-refractivity contribution in [1.29, 1.82) is 5.41 Å². The predicted molar refractivity (Wildman–Crippen MR) is 58.4 cm³/mol. The maximum Gasteiger partial charge on any atom is 0.226 e. The molecule has 1 aromatic heterocycles. The van der Waals surface area contributed by atoms with Gasteiger partial charge in [-0.05, 0) is 21.8 Å². The van der Waals surface area contributed by atoms with Crippen molar-refractivity contribution in [2.75, 3.05) is 5.32 Å². The summed E-state index contributed by atoms with van der Waals surface area (Å²) in [5, 5.41) is 10.4. The van der Waals surface area contributed by atoms with Crippen LogP contribution in [0.4, 0.5) is 5.82 Å². The fourth-order valence-corrected chi connectivity index (χ4v) is 2.51. The van der Waals surface area contributed by atoms with E-state index in [0.717, 1.165) is 5.56 Å². The number of hydrogen-bond donors (Lipinski definition) is 2. The van der Waals surface area contributed by atoms with E-state index in [9.17, 15) is 4.79 Å². The number of rotatable bonds is 0. The lowest BCUT2D eigenvalue weighted by atomic mass is 9.96. The molecule has 0 radical (unpaired) electrons. The van der Waals surface area contributed by atoms with Crippen LogP contribution in [0.2, 0.25) is 0 Å². The van der Waals surface area contributed by atoms with Gasteiger partial charge in [0.05, 0.1) is 0 Å². The zero-order valence-corrected chi connectivity index (χ0v) is 10.1. The summed E-state index contributed by atoms with van der Waals surface area (Å²) >= 11 is 3.33. The SMILES string of the molecule is CC1CC(=O)Nc2c1c(Br)nc(=N)n2C. The van der Waals surface area contributed by atoms with Crippen LogP contribution in [-0.2, 0) is 11.8 Å². The number of amides is 1. The Balaban J connectivity index is 2.74. The van der Waals surface area contributed by atoms with Crippen LogP contribution >= 0.6 is 15.9 Å². The van der Waals surface area contributed by atoms with E-state index in [1.807, 2.05) is 6.92 Å². The molecule has 2 heterocycles. The molecule has 6 heteroatoms. The maximum atomic E-state index is 11.4. The van der Waals surface area contributed by atoms with E-state index in [-0.39, 0.29) is 17.4 Å². The largest absolute Gasteiger partial charge is 0.312 e. The highest BCUT2D eigenvalue weighted by Gasteiger charge is 2.26. The minimum absolute atomic E-state index is 0.0110. The molecule has 1 unspecified atom stereocenters. The minimum atomic E-state index is -0.0110. The Kier molecular flexibility index (Phi) is 2.38. The molecule has 15 heavy (non-hydrogen) atoms. The van der Waals surface area contributed by atoms with Crippen molar-refractivity contribution in [3.05, 3.63) is 15.8 Å². The smallest absolute Gasteiger partial charge is 0.226 e. The minimum Gasteiger partial charge on any atom is -0.312 e. The third kappa shape index (κ3) is 1.58. The summed E-state index contributed by atoms with van der Waals surface area (Å²) in [7, 11) is 1.72. The van der Waals surface area contributed by atoms with Crippen LogP contribution < -0.4 is 10.9 Å². The molecule has 2 rings (SSSR count). The van der Waals surface area contributed by atoms with Crippen LogP contribution in [-0.4, -0.2) is 15.5 Å². The van der Waals surface area contributed by atoms with Gasteiger partial charge in [0.25, 0.3) is 0 Å². The number of anilines is 1. The topological polar surface area (TPSA) is 70.8 Å². The van der Waals surface area contributed by atoms with Gasteiger partial charge >= 0.3 is 0 Å². The molecule has 0 spiro atoms. The van der Waals surface area contributed by atoms with Crippen molar-refractivity contribution in [2.24, 2.45) is 7.05 Å². The molecule has 1 aromatic rings. The van der Waals surface area contributed by atoms with Gasteiger partial charge in [0.15, 0.2) is 0 Å². The summed E-state index contributed by atoms with van der Waals surface area (Å²) in [6, 6.07) is 0. The molecule has 0 saturated carbocycles. The van der Waals surface area contributed by atoms with E-state index in [1.54, 1.807) is 11.6 Å². The van der Waals surface area contributed by atoms with Crippen molar-refractivity contribution in [2.45, 2.75) is 19.3 Å². The van der Waals surface area contributed by atoms with Gasteiger partial charge in [-0.3, -0.25) is 14.8 Å². The van der Waals surface area contributed by atoms with Crippen molar-refractivity contribution < 1.29 is 4.79 Å². The Morgan fingerprint density at radius 3 is 3.00 bits per heavy atom. The van der Waals surface area contributed by atoms with E-state index in [2.05, 4.69) is 26.2 Å². The monoisotopic (exact) mass is 270 g/mol. The highest BCUT2D eigenvalue weighted by Crippen LogP contribution is 2.34. The molecular weight excluding hydrogens is 260 g/mol. The maximum absolute atomic E-state index is 11.4. The average molecular weight is 271 g/mol. The van der Waals surface area contributed by atoms with Crippen molar-refractivity contribution in [3.8, 4) is 0 Å². The number of carbonyl (C=O) groups is 1. The predicted octanol–water partition coefficient (Wildman–Crippen LogP) is 1.11. The molecule has 5 nitrogen and oxygen atoms in total. The second kappa shape index (κ2) is 3.44. The number of hydrogen-bond acceptors (Lipinski definition) is 3. The molecule has 0 bridgehead atoms. The van der Waals surface area contributed by atoms with Gasteiger partial charge in [0.1, 0.15) is 10.4 Å². The molecule has 1 aliphatic rings. The molecule has 80 valence electrons. The van der Waals surface area contributed by atoms with Crippen LogP contribution in [0, 0.1) is 5.41 Å². The normalized spacial score (nSPS) is 19.7. The Morgan fingerprint density at radius 2 is 2.33 bits per heavy atom. The lowest BCUT2D eigenvalue weighted by molar-refractivity contribution is -0.116. The molecule has 1 aliphatic heterocycles. The summed E-state index contributed by atoms with van der Waals surface area (Å²) < 4.78 is 2.22. The Bertz CT molecular complexity index is 494. The first-order valence-corrected chi connectivity index (χ1v) is 5.41. The van der Waals surface area contributed by atoms with Crippen molar-refractivity contribution in [3.63, 3.8) is 0 Å². The van der Waals surface area contributed by atoms with Crippen LogP contribution in [0.3, 0.4) is 0 Å². The van der Waals surface area contributed by atoms with Crippen molar-refractivity contribution in [1.82, 2.24) is 9.55 Å². The van der Waals surface area contributed by atoms with Gasteiger partial charge in [-0.2, -0.15) is 0 Å². The van der Waals surface area contributed by atoms with Gasteiger partial charge in [-0.25, -0.2) is 4.98 Å². The molecular formula is C9H11BrN4O. The summed E-state index contributed by atoms with van der Waals surface area (Å²) in [5.41, 5.74) is 1.09. The van der Waals surface area contributed by atoms with Crippen LogP contribution in [0.25, 0.3) is 0 Å². The molecule has 2 N–H and O–H groups in total. The standard InChI is InChI=1S/C9H11BrN4O/c1-4-3-5(15)12-8-6(4)7(10)13-9(11)14(8)2/h4,11H,3H2,1-2H3,(H,12,15). The van der Waals surface area contributed by atoms with E-state index in [1.165, 1.54) is 0 Å². The summed E-state index contributed by atoms with van der Waals surface area (Å²) in [6.07, 6.45) is 0.463. The van der Waals surface area contributed by atoms with Gasteiger partial charge in [0.2, 0.25) is 11.5 Å². The highest BCUT2D eigenvalue weighted by atomic mass is 79.9. The molecule has 0 fully saturated rings. The third-order valence-electron chi connectivity index (χ3n) is 2.58. The zero-order valence-electron chi connectivity index (χ0n) is 8.47. The number of nitrogens with one attached hydrogen (secondary N) is 2. The van der Waals surface area contributed by atoms with Gasteiger partial charge < -0.3 is 5.32 Å². The number of carbonyl (C=O) groups excluding carboxylic acids is 1. The van der Waals surface area contributed by atoms with Crippen LogP contribution in [0.15, 0.2) is 4.60 Å². The Morgan fingerprint density at radius 1 is 1.67 bits per heavy atom. The second-order valence-electron chi connectivity index (χ2n) is 3.70. The Hall–Kier alpha value is -1.17. The van der Waals surface area contributed by atoms with Gasteiger partial charge in [-0.1, -0.05) is 6.92 Å². The number of fused-ring (bicyclic) bond motifs is 1. The van der Waals surface area contributed by atoms with E-state index in [4.69, 9.17) is 5.41 Å². The Labute approximate surface area is 95.2 Å². The second-order valence-corrected chi connectivity index (χ2v) is 4.45. The molecule has 0 aliphatic carbocycles. The van der Waals surface area contributed by atoms with E-state index in [0.29, 0.717) is 16.8 Å². The molecule has 1 atom stereocenters. The highest BCUT2D eigenvalue weighted by molar-refractivity contribution is 9.10. The average Bonchev–Trinajstić information content (AvgIpc) is 2.12. The number of aromatic nitrogens is 2. The van der Waals surface area contributed by atoms with Crippen molar-refractivity contribution >= 4 is 27.7 Å². The zero-order chi connectivity index (χ0) is 11.2. The van der Waals surface area contributed by atoms with E-state index < -0.39 is 0 Å². The quantitative estimate of drug-likeness (QED) is 0.694. The lowest BCUT2D eigenvalue weighted by Gasteiger charge is -2.25. The fraction of sp³-hybridized carbons (Fsp3) is 0.444. The number of nitrogens with zero attached hydrogens (tertiary/aromatic N) is 2. The first-order valence-electron chi connectivity index (χ1n) is 4.61. The summed E-state index contributed by atoms with van der Waals surface area (Å²) in [6.45, 7) is 1.98. The van der Waals surface area contributed by atoms with Crippen LogP contribution in [0.5, 0.6) is 0 Å². The van der Waals surface area contributed by atoms with Gasteiger partial charge in [-0.15, -0.1) is 0 Å². The fourth-order valence-electron chi connectivity index (χ4n) is 1.76. The van der Waals surface area contributed by atoms with Gasteiger partial charge in [0, 0.05) is 19.0 Å². The first kappa shape index (κ1) is 10.4. The summed E-state index contributed by atoms with van der Waals surface area (Å²) in [5.74, 6) is 0.788.